The SMILES string of the molecule is COC(=O)[C@@H](C)CC1(NC(=O)c2csc([C@@H](C[C@H](C(C)C)N(C)C(=O)[C@H](CC3CC3)NC(=O)[C@H]3CCCCN3C)OC(C)=O)n2)CC1c1nc(C)cs1. The van der Waals surface area contributed by atoms with Gasteiger partial charge in [0.2, 0.25) is 11.8 Å². The number of esters is 2. The molecule has 2 unspecified atom stereocenters. The molecule has 13 nitrogen and oxygen atoms in total. The number of piperidine rings is 1. The van der Waals surface area contributed by atoms with Crippen molar-refractivity contribution in [2.24, 2.45) is 17.8 Å². The zero-order valence-corrected chi connectivity index (χ0v) is 33.9. The van der Waals surface area contributed by atoms with E-state index in [9.17, 15) is 24.0 Å². The number of thiazole rings is 2. The van der Waals surface area contributed by atoms with E-state index in [2.05, 4.69) is 25.5 Å². The highest BCUT2D eigenvalue weighted by Crippen LogP contribution is 2.55. The van der Waals surface area contributed by atoms with Crippen LogP contribution < -0.4 is 10.6 Å². The van der Waals surface area contributed by atoms with Crippen LogP contribution in [0.5, 0.6) is 0 Å². The highest BCUT2D eigenvalue weighted by molar-refractivity contribution is 7.10. The van der Waals surface area contributed by atoms with Crippen LogP contribution in [0.25, 0.3) is 0 Å². The second-order valence-electron chi connectivity index (χ2n) is 15.7. The third-order valence-corrected chi connectivity index (χ3v) is 13.0. The molecule has 53 heavy (non-hydrogen) atoms. The summed E-state index contributed by atoms with van der Waals surface area (Å²) >= 11 is 2.76. The van der Waals surface area contributed by atoms with Crippen LogP contribution in [-0.4, -0.2) is 101 Å². The molecule has 2 aromatic heterocycles. The van der Waals surface area contributed by atoms with Crippen molar-refractivity contribution < 1.29 is 33.4 Å². The van der Waals surface area contributed by atoms with E-state index < -0.39 is 35.5 Å². The summed E-state index contributed by atoms with van der Waals surface area (Å²) in [4.78, 5) is 79.3. The van der Waals surface area contributed by atoms with Crippen LogP contribution in [0.2, 0.25) is 0 Å². The van der Waals surface area contributed by atoms with Gasteiger partial charge in [0.1, 0.15) is 16.7 Å². The number of hydrogen-bond acceptors (Lipinski definition) is 12. The molecule has 15 heteroatoms. The zero-order chi connectivity index (χ0) is 38.6. The number of aromatic nitrogens is 2. The molecule has 3 aliphatic rings. The first-order valence-corrected chi connectivity index (χ1v) is 20.6. The number of likely N-dealkylation sites (N-methyl/N-ethyl adjacent to an activating group) is 2. The number of hydrogen-bond donors (Lipinski definition) is 2. The summed E-state index contributed by atoms with van der Waals surface area (Å²) in [6, 6.07) is -1.25. The number of nitrogens with one attached hydrogen (secondary N) is 2. The maximum absolute atomic E-state index is 14.2. The number of carbonyl (C=O) groups is 5. The fourth-order valence-electron chi connectivity index (χ4n) is 7.73. The third-order valence-electron chi connectivity index (χ3n) is 11.0. The van der Waals surface area contributed by atoms with Gasteiger partial charge in [0.15, 0.2) is 6.10 Å². The number of aryl methyl sites for hydroxylation is 1. The predicted molar refractivity (Wildman–Crippen MR) is 202 cm³/mol. The summed E-state index contributed by atoms with van der Waals surface area (Å²) in [6.07, 6.45) is 5.98. The monoisotopic (exact) mass is 772 g/mol. The van der Waals surface area contributed by atoms with Crippen molar-refractivity contribution in [3.05, 3.63) is 32.2 Å². The molecular weight excluding hydrogens is 717 g/mol. The normalized spacial score (nSPS) is 23.7. The summed E-state index contributed by atoms with van der Waals surface area (Å²) < 4.78 is 10.8. The molecule has 3 amide bonds. The Labute approximate surface area is 321 Å². The molecule has 0 bridgehead atoms. The van der Waals surface area contributed by atoms with Gasteiger partial charge in [-0.2, -0.15) is 0 Å². The smallest absolute Gasteiger partial charge is 0.308 e. The lowest BCUT2D eigenvalue weighted by molar-refractivity contribution is -0.149. The van der Waals surface area contributed by atoms with E-state index in [0.29, 0.717) is 30.2 Å². The van der Waals surface area contributed by atoms with Crippen LogP contribution in [0.15, 0.2) is 10.8 Å². The van der Waals surface area contributed by atoms with E-state index in [1.165, 1.54) is 36.7 Å². The first-order valence-electron chi connectivity index (χ1n) is 18.8. The molecule has 2 aliphatic carbocycles. The number of likely N-dealkylation sites (tertiary alicyclic amines) is 1. The highest BCUT2D eigenvalue weighted by atomic mass is 32.1. The average molecular weight is 773 g/mol. The molecule has 2 N–H and O–H groups in total. The zero-order valence-electron chi connectivity index (χ0n) is 32.3. The van der Waals surface area contributed by atoms with Gasteiger partial charge in [0.05, 0.1) is 29.6 Å². The fraction of sp³-hybridized carbons (Fsp3) is 0.711. The standard InChI is InChI=1S/C38H56N6O7S2/c1-21(2)30(44(7)36(48)27(15-25-12-13-25)40-33(47)29-11-9-10-14-43(29)6)16-31(51-24(5)45)35-41-28(20-53-35)32(46)42-38(17-22(3)37(49)50-8)18-26(38)34-39-23(4)19-52-34/h19-22,25-27,29-31H,9-18H2,1-8H3,(H,40,47)(H,42,46)/t22-,26?,27-,29+,30+,31+,38?/m0/s1. The topological polar surface area (TPSA) is 160 Å². The van der Waals surface area contributed by atoms with E-state index >= 15 is 0 Å². The van der Waals surface area contributed by atoms with Gasteiger partial charge in [0, 0.05) is 48.8 Å². The number of carbonyl (C=O) groups excluding carboxylic acids is 5. The van der Waals surface area contributed by atoms with Crippen molar-refractivity contribution in [1.29, 1.82) is 0 Å². The van der Waals surface area contributed by atoms with Crippen molar-refractivity contribution >= 4 is 52.3 Å². The third kappa shape index (κ3) is 10.2. The van der Waals surface area contributed by atoms with Gasteiger partial charge in [-0.25, -0.2) is 9.97 Å². The lowest BCUT2D eigenvalue weighted by atomic mass is 9.95. The number of rotatable bonds is 17. The van der Waals surface area contributed by atoms with Crippen LogP contribution >= 0.6 is 22.7 Å². The Balaban J connectivity index is 1.31. The summed E-state index contributed by atoms with van der Waals surface area (Å²) in [5.41, 5.74) is 0.401. The second kappa shape index (κ2) is 17.4. The fourth-order valence-corrected chi connectivity index (χ4v) is 9.58. The van der Waals surface area contributed by atoms with Gasteiger partial charge in [0.25, 0.3) is 5.91 Å². The van der Waals surface area contributed by atoms with Crippen molar-refractivity contribution in [1.82, 2.24) is 30.4 Å². The molecule has 5 rings (SSSR count). The summed E-state index contributed by atoms with van der Waals surface area (Å²) in [5.74, 6) is -1.60. The van der Waals surface area contributed by atoms with E-state index in [1.807, 2.05) is 33.2 Å². The Morgan fingerprint density at radius 2 is 1.81 bits per heavy atom. The van der Waals surface area contributed by atoms with Crippen molar-refractivity contribution in [3.63, 3.8) is 0 Å². The Bertz CT molecular complexity index is 1640. The molecule has 3 fully saturated rings. The van der Waals surface area contributed by atoms with Crippen molar-refractivity contribution in [2.75, 3.05) is 27.7 Å². The van der Waals surface area contributed by atoms with Crippen LogP contribution in [0.4, 0.5) is 0 Å². The summed E-state index contributed by atoms with van der Waals surface area (Å²) in [7, 11) is 5.07. The molecule has 2 aromatic rings. The minimum Gasteiger partial charge on any atom is -0.469 e. The lowest BCUT2D eigenvalue weighted by Crippen LogP contribution is -2.56. The van der Waals surface area contributed by atoms with E-state index in [1.54, 1.807) is 24.3 Å². The van der Waals surface area contributed by atoms with Crippen molar-refractivity contribution in [2.45, 2.75) is 128 Å². The van der Waals surface area contributed by atoms with Gasteiger partial charge in [-0.1, -0.05) is 40.0 Å². The Kier molecular flexibility index (Phi) is 13.3. The average Bonchev–Trinajstić information content (AvgIpc) is 3.94. The maximum atomic E-state index is 14.2. The van der Waals surface area contributed by atoms with Crippen LogP contribution in [0.1, 0.15) is 124 Å². The molecule has 0 aromatic carbocycles. The summed E-state index contributed by atoms with van der Waals surface area (Å²) in [6.45, 7) is 9.92. The van der Waals surface area contributed by atoms with Crippen LogP contribution in [-0.2, 0) is 28.7 Å². The van der Waals surface area contributed by atoms with Crippen LogP contribution in [0, 0.1) is 24.7 Å². The first kappa shape index (κ1) is 40.7. The van der Waals surface area contributed by atoms with Gasteiger partial charge in [-0.3, -0.25) is 28.9 Å². The molecule has 3 heterocycles. The number of nitrogens with zero attached hydrogens (tertiary/aromatic N) is 4. The number of methoxy groups -OCH3 is 1. The first-order chi connectivity index (χ1) is 25.1. The molecule has 0 radical (unpaired) electrons. The predicted octanol–water partition coefficient (Wildman–Crippen LogP) is 5.01. The minimum atomic E-state index is -0.811. The van der Waals surface area contributed by atoms with E-state index in [-0.39, 0.29) is 53.8 Å². The Morgan fingerprint density at radius 1 is 1.08 bits per heavy atom. The van der Waals surface area contributed by atoms with Gasteiger partial charge in [-0.15, -0.1) is 22.7 Å². The second-order valence-corrected chi connectivity index (χ2v) is 17.5. The molecule has 0 spiro atoms. The Hall–Kier alpha value is -3.43. The Morgan fingerprint density at radius 3 is 2.42 bits per heavy atom. The summed E-state index contributed by atoms with van der Waals surface area (Å²) in [5, 5.41) is 11.3. The molecule has 7 atom stereocenters. The lowest BCUT2D eigenvalue weighted by Gasteiger charge is -2.37. The minimum absolute atomic E-state index is 0.0237. The molecular formula is C38H56N6O7S2. The maximum Gasteiger partial charge on any atom is 0.308 e. The van der Waals surface area contributed by atoms with E-state index in [4.69, 9.17) is 9.47 Å². The van der Waals surface area contributed by atoms with Gasteiger partial charge < -0.3 is 25.0 Å². The highest BCUT2D eigenvalue weighted by Gasteiger charge is 2.58. The van der Waals surface area contributed by atoms with Gasteiger partial charge in [-0.05, 0) is 64.5 Å². The van der Waals surface area contributed by atoms with E-state index in [0.717, 1.165) is 49.4 Å². The molecule has 2 saturated carbocycles. The van der Waals surface area contributed by atoms with Crippen LogP contribution in [0.3, 0.4) is 0 Å². The molecule has 292 valence electrons. The number of ether oxygens (including phenoxy) is 2. The van der Waals surface area contributed by atoms with Crippen molar-refractivity contribution in [3.8, 4) is 0 Å². The van der Waals surface area contributed by atoms with Gasteiger partial charge >= 0.3 is 11.9 Å². The molecule has 1 saturated heterocycles. The number of amides is 3. The molecule has 1 aliphatic heterocycles. The quantitative estimate of drug-likeness (QED) is 0.209. The largest absolute Gasteiger partial charge is 0.469 e.